The van der Waals surface area contributed by atoms with Gasteiger partial charge in [0.05, 0.1) is 22.9 Å². The molecule has 1 aromatic carbocycles. The number of benzene rings is 1. The second kappa shape index (κ2) is 3.31. The Hall–Kier alpha value is -1.88. The summed E-state index contributed by atoms with van der Waals surface area (Å²) >= 11 is 6.05. The lowest BCUT2D eigenvalue weighted by Crippen LogP contribution is -1.91. The van der Waals surface area contributed by atoms with Gasteiger partial charge < -0.3 is 0 Å². The molecule has 0 aliphatic rings. The third kappa shape index (κ3) is 1.29. The topological polar surface area (TPSA) is 59.4 Å². The monoisotopic (exact) mass is 233 g/mol. The molecule has 0 saturated heterocycles. The van der Waals surface area contributed by atoms with Crippen LogP contribution in [0.4, 0.5) is 0 Å². The molecule has 0 amide bonds. The minimum absolute atomic E-state index is 0.653. The molecule has 0 bridgehead atoms. The number of halogens is 1. The van der Waals surface area contributed by atoms with E-state index in [0.29, 0.717) is 5.02 Å². The highest BCUT2D eigenvalue weighted by atomic mass is 35.5. The maximum atomic E-state index is 6.05. The fraction of sp³-hybridized carbons (Fsp3) is 0.100. The number of nitrogens with zero attached hydrogens (tertiary/aromatic N) is 4. The molecule has 0 aliphatic heterocycles. The Balaban J connectivity index is 2.32. The van der Waals surface area contributed by atoms with Crippen molar-refractivity contribution < 1.29 is 0 Å². The molecule has 0 fully saturated rings. The molecule has 0 radical (unpaired) electrons. The van der Waals surface area contributed by atoms with E-state index in [1.54, 1.807) is 19.4 Å². The molecule has 0 atom stereocenters. The van der Waals surface area contributed by atoms with Crippen LogP contribution >= 0.6 is 11.6 Å². The van der Waals surface area contributed by atoms with Crippen LogP contribution in [-0.2, 0) is 7.05 Å². The van der Waals surface area contributed by atoms with Crippen molar-refractivity contribution in [1.82, 2.24) is 25.2 Å². The maximum absolute atomic E-state index is 6.05. The largest absolute Gasteiger partial charge is 0.276 e. The van der Waals surface area contributed by atoms with Gasteiger partial charge in [0.2, 0.25) is 0 Å². The summed E-state index contributed by atoms with van der Waals surface area (Å²) in [7, 11) is 1.78. The number of H-pyrrole nitrogens is 1. The van der Waals surface area contributed by atoms with Crippen LogP contribution in [0, 0.1) is 0 Å². The lowest BCUT2D eigenvalue weighted by Gasteiger charge is -1.99. The van der Waals surface area contributed by atoms with Crippen molar-refractivity contribution in [1.29, 1.82) is 0 Å². The van der Waals surface area contributed by atoms with Gasteiger partial charge in [0.25, 0.3) is 0 Å². The number of fused-ring (bicyclic) bond motifs is 1. The minimum Gasteiger partial charge on any atom is -0.276 e. The van der Waals surface area contributed by atoms with E-state index in [1.165, 1.54) is 4.80 Å². The van der Waals surface area contributed by atoms with Crippen LogP contribution in [0.5, 0.6) is 0 Å². The van der Waals surface area contributed by atoms with E-state index in [9.17, 15) is 0 Å². The van der Waals surface area contributed by atoms with Gasteiger partial charge in [-0.25, -0.2) is 0 Å². The smallest absolute Gasteiger partial charge is 0.113 e. The summed E-state index contributed by atoms with van der Waals surface area (Å²) in [6.07, 6.45) is 3.46. The number of rotatable bonds is 1. The van der Waals surface area contributed by atoms with Crippen LogP contribution in [0.25, 0.3) is 22.2 Å². The van der Waals surface area contributed by atoms with Crippen molar-refractivity contribution >= 4 is 22.5 Å². The Morgan fingerprint density at radius 3 is 2.94 bits per heavy atom. The Morgan fingerprint density at radius 1 is 1.31 bits per heavy atom. The number of aryl methyl sites for hydroxylation is 1. The van der Waals surface area contributed by atoms with Gasteiger partial charge in [-0.3, -0.25) is 5.10 Å². The van der Waals surface area contributed by atoms with Crippen LogP contribution < -0.4 is 0 Å². The second-order valence-corrected chi connectivity index (χ2v) is 3.88. The van der Waals surface area contributed by atoms with E-state index >= 15 is 0 Å². The van der Waals surface area contributed by atoms with E-state index in [2.05, 4.69) is 20.4 Å². The normalized spacial score (nSPS) is 11.1. The second-order valence-electron chi connectivity index (χ2n) is 3.47. The number of nitrogens with one attached hydrogen (secondary N) is 1. The molecule has 3 aromatic rings. The maximum Gasteiger partial charge on any atom is 0.113 e. The number of aromatic nitrogens is 5. The van der Waals surface area contributed by atoms with Gasteiger partial charge in [0, 0.05) is 18.0 Å². The molecular formula is C10H8ClN5. The van der Waals surface area contributed by atoms with Gasteiger partial charge in [-0.15, -0.1) is 0 Å². The van der Waals surface area contributed by atoms with Gasteiger partial charge in [0.1, 0.15) is 5.69 Å². The first-order valence-electron chi connectivity index (χ1n) is 4.74. The fourth-order valence-electron chi connectivity index (χ4n) is 1.69. The van der Waals surface area contributed by atoms with E-state index in [0.717, 1.165) is 22.2 Å². The zero-order valence-corrected chi connectivity index (χ0v) is 9.23. The summed E-state index contributed by atoms with van der Waals surface area (Å²) in [5.41, 5.74) is 2.61. The van der Waals surface area contributed by atoms with Crippen LogP contribution in [0.1, 0.15) is 0 Å². The molecular weight excluding hydrogens is 226 g/mol. The predicted octanol–water partition coefficient (Wildman–Crippen LogP) is 2.01. The first-order valence-corrected chi connectivity index (χ1v) is 5.12. The Morgan fingerprint density at radius 2 is 2.19 bits per heavy atom. The molecule has 80 valence electrons. The van der Waals surface area contributed by atoms with Crippen molar-refractivity contribution in [2.24, 2.45) is 7.05 Å². The summed E-state index contributed by atoms with van der Waals surface area (Å²) in [6.45, 7) is 0. The van der Waals surface area contributed by atoms with Crippen molar-refractivity contribution in [3.8, 4) is 11.3 Å². The van der Waals surface area contributed by atoms with Crippen molar-refractivity contribution in [2.75, 3.05) is 0 Å². The van der Waals surface area contributed by atoms with Gasteiger partial charge >= 0.3 is 0 Å². The molecule has 3 rings (SSSR count). The average molecular weight is 234 g/mol. The van der Waals surface area contributed by atoms with Crippen LogP contribution in [0.2, 0.25) is 5.02 Å². The molecule has 2 heterocycles. The molecule has 2 aromatic heterocycles. The molecule has 0 saturated carbocycles. The fourth-order valence-corrected chi connectivity index (χ4v) is 1.90. The molecule has 6 heteroatoms. The van der Waals surface area contributed by atoms with Crippen molar-refractivity contribution in [2.45, 2.75) is 0 Å². The van der Waals surface area contributed by atoms with E-state index < -0.39 is 0 Å². The SMILES string of the molecule is Cn1ncc(-c2ccc(Cl)c3[nH]ncc23)n1. The predicted molar refractivity (Wildman–Crippen MR) is 61.1 cm³/mol. The van der Waals surface area contributed by atoms with Crippen LogP contribution in [0.15, 0.2) is 24.5 Å². The summed E-state index contributed by atoms with van der Waals surface area (Å²) in [5, 5.41) is 16.8. The van der Waals surface area contributed by atoms with Gasteiger partial charge in [-0.1, -0.05) is 17.7 Å². The highest BCUT2D eigenvalue weighted by Gasteiger charge is 2.10. The van der Waals surface area contributed by atoms with Crippen molar-refractivity contribution in [3.05, 3.63) is 29.5 Å². The van der Waals surface area contributed by atoms with Crippen LogP contribution in [-0.4, -0.2) is 25.2 Å². The first-order chi connectivity index (χ1) is 7.75. The average Bonchev–Trinajstić information content (AvgIpc) is 2.87. The van der Waals surface area contributed by atoms with Gasteiger partial charge in [-0.2, -0.15) is 20.1 Å². The molecule has 0 unspecified atom stereocenters. The summed E-state index contributed by atoms with van der Waals surface area (Å²) in [6, 6.07) is 3.75. The Kier molecular flexibility index (Phi) is 1.94. The lowest BCUT2D eigenvalue weighted by molar-refractivity contribution is 0.655. The highest BCUT2D eigenvalue weighted by Crippen LogP contribution is 2.30. The third-order valence-corrected chi connectivity index (χ3v) is 2.76. The number of aromatic amines is 1. The summed E-state index contributed by atoms with van der Waals surface area (Å²) < 4.78 is 0. The van der Waals surface area contributed by atoms with Gasteiger partial charge in [0.15, 0.2) is 0 Å². The molecule has 16 heavy (non-hydrogen) atoms. The summed E-state index contributed by atoms with van der Waals surface area (Å²) in [5.74, 6) is 0. The van der Waals surface area contributed by atoms with E-state index in [4.69, 9.17) is 11.6 Å². The number of hydrogen-bond acceptors (Lipinski definition) is 3. The standard InChI is InChI=1S/C10H8ClN5/c1-16-13-5-9(15-16)6-2-3-8(11)10-7(6)4-12-14-10/h2-5H,1H3,(H,12,14). The third-order valence-electron chi connectivity index (χ3n) is 2.44. The summed E-state index contributed by atoms with van der Waals surface area (Å²) in [4.78, 5) is 1.52. The number of hydrogen-bond donors (Lipinski definition) is 1. The molecule has 0 spiro atoms. The van der Waals surface area contributed by atoms with Gasteiger partial charge in [-0.05, 0) is 6.07 Å². The Labute approximate surface area is 96.0 Å². The van der Waals surface area contributed by atoms with Crippen molar-refractivity contribution in [3.63, 3.8) is 0 Å². The first kappa shape index (κ1) is 9.35. The highest BCUT2D eigenvalue weighted by molar-refractivity contribution is 6.35. The van der Waals surface area contributed by atoms with Crippen LogP contribution in [0.3, 0.4) is 0 Å². The van der Waals surface area contributed by atoms with E-state index in [1.807, 2.05) is 12.1 Å². The molecule has 1 N–H and O–H groups in total. The quantitative estimate of drug-likeness (QED) is 0.700. The lowest BCUT2D eigenvalue weighted by atomic mass is 10.1. The van der Waals surface area contributed by atoms with E-state index in [-0.39, 0.29) is 0 Å². The minimum atomic E-state index is 0.653. The Bertz CT molecular complexity index is 654. The zero-order chi connectivity index (χ0) is 11.1. The zero-order valence-electron chi connectivity index (χ0n) is 8.48. The molecule has 5 nitrogen and oxygen atoms in total. The molecule has 0 aliphatic carbocycles.